The molecule has 6 nitrogen and oxygen atoms in total. The van der Waals surface area contributed by atoms with E-state index in [4.69, 9.17) is 0 Å². The van der Waals surface area contributed by atoms with Gasteiger partial charge in [0.25, 0.3) is 5.91 Å². The standard InChI is InChI=1S/C19H22F2N4O2/c20-19(21)27-15-5-6-17-13(11-15)3-2-9-24(17)18(26)16-7-10-25(23-16)14-4-1-8-22-12-14/h5-7,10-11,14,19,22H,1-4,8-9,12H2. The van der Waals surface area contributed by atoms with E-state index in [2.05, 4.69) is 15.2 Å². The minimum Gasteiger partial charge on any atom is -0.435 e. The maximum Gasteiger partial charge on any atom is 0.387 e. The first-order valence-corrected chi connectivity index (χ1v) is 9.27. The lowest BCUT2D eigenvalue weighted by Crippen LogP contribution is -2.36. The topological polar surface area (TPSA) is 59.4 Å². The number of hydrogen-bond donors (Lipinski definition) is 1. The molecule has 144 valence electrons. The van der Waals surface area contributed by atoms with Gasteiger partial charge in [0.15, 0.2) is 5.69 Å². The van der Waals surface area contributed by atoms with Crippen molar-refractivity contribution in [2.24, 2.45) is 0 Å². The molecule has 1 aromatic carbocycles. The summed E-state index contributed by atoms with van der Waals surface area (Å²) in [6.45, 7) is -0.401. The first-order valence-electron chi connectivity index (χ1n) is 9.27. The highest BCUT2D eigenvalue weighted by Gasteiger charge is 2.26. The Balaban J connectivity index is 1.54. The van der Waals surface area contributed by atoms with Crippen molar-refractivity contribution in [3.05, 3.63) is 41.7 Å². The van der Waals surface area contributed by atoms with Crippen molar-refractivity contribution < 1.29 is 18.3 Å². The second-order valence-electron chi connectivity index (χ2n) is 6.91. The predicted octanol–water partition coefficient (Wildman–Crippen LogP) is 3.00. The van der Waals surface area contributed by atoms with Crippen LogP contribution in [-0.2, 0) is 6.42 Å². The highest BCUT2D eigenvalue weighted by molar-refractivity contribution is 6.05. The fourth-order valence-corrected chi connectivity index (χ4v) is 3.81. The number of nitrogens with zero attached hydrogens (tertiary/aromatic N) is 3. The number of carbonyl (C=O) groups excluding carboxylic acids is 1. The number of aryl methyl sites for hydroxylation is 1. The molecule has 0 saturated carbocycles. The van der Waals surface area contributed by atoms with Crippen molar-refractivity contribution in [1.82, 2.24) is 15.1 Å². The Bertz CT molecular complexity index is 818. The van der Waals surface area contributed by atoms with Crippen LogP contribution in [0.4, 0.5) is 14.5 Å². The van der Waals surface area contributed by atoms with Crippen LogP contribution in [0, 0.1) is 0 Å². The molecule has 0 aliphatic carbocycles. The summed E-state index contributed by atoms with van der Waals surface area (Å²) in [5.41, 5.74) is 1.98. The van der Waals surface area contributed by atoms with E-state index in [1.165, 1.54) is 6.07 Å². The first kappa shape index (κ1) is 17.9. The molecule has 1 saturated heterocycles. The third-order valence-electron chi connectivity index (χ3n) is 5.11. The first-order chi connectivity index (χ1) is 13.1. The number of nitrogens with one attached hydrogen (secondary N) is 1. The number of benzene rings is 1. The number of hydrogen-bond acceptors (Lipinski definition) is 4. The van der Waals surface area contributed by atoms with Crippen LogP contribution < -0.4 is 15.0 Å². The van der Waals surface area contributed by atoms with Gasteiger partial charge in [0, 0.05) is 25.0 Å². The Morgan fingerprint density at radius 2 is 2.19 bits per heavy atom. The minimum absolute atomic E-state index is 0.118. The predicted molar refractivity (Wildman–Crippen MR) is 96.4 cm³/mol. The van der Waals surface area contributed by atoms with E-state index in [0.29, 0.717) is 12.2 Å². The normalized spacial score (nSPS) is 19.8. The number of carbonyl (C=O) groups is 1. The average molecular weight is 376 g/mol. The zero-order valence-electron chi connectivity index (χ0n) is 14.9. The van der Waals surface area contributed by atoms with Crippen LogP contribution in [0.1, 0.15) is 41.4 Å². The summed E-state index contributed by atoms with van der Waals surface area (Å²) in [7, 11) is 0. The molecule has 1 unspecified atom stereocenters. The molecule has 4 rings (SSSR count). The summed E-state index contributed by atoms with van der Waals surface area (Å²) in [6.07, 6.45) is 5.49. The zero-order chi connectivity index (χ0) is 18.8. The Kier molecular flexibility index (Phi) is 5.07. The monoisotopic (exact) mass is 376 g/mol. The number of ether oxygens (including phenoxy) is 1. The molecule has 2 aliphatic rings. The van der Waals surface area contributed by atoms with Crippen LogP contribution in [0.25, 0.3) is 0 Å². The molecule has 1 atom stereocenters. The van der Waals surface area contributed by atoms with E-state index >= 15 is 0 Å². The van der Waals surface area contributed by atoms with Crippen LogP contribution in [-0.4, -0.2) is 41.9 Å². The Morgan fingerprint density at radius 3 is 2.96 bits per heavy atom. The lowest BCUT2D eigenvalue weighted by Gasteiger charge is -2.29. The van der Waals surface area contributed by atoms with Crippen molar-refractivity contribution >= 4 is 11.6 Å². The van der Waals surface area contributed by atoms with Gasteiger partial charge in [-0.05, 0) is 62.1 Å². The second kappa shape index (κ2) is 7.64. The molecule has 8 heteroatoms. The van der Waals surface area contributed by atoms with Crippen LogP contribution in [0.5, 0.6) is 5.75 Å². The highest BCUT2D eigenvalue weighted by Crippen LogP contribution is 2.32. The number of rotatable bonds is 4. The summed E-state index contributed by atoms with van der Waals surface area (Å²) >= 11 is 0. The quantitative estimate of drug-likeness (QED) is 0.891. The van der Waals surface area contributed by atoms with Gasteiger partial charge in [0.05, 0.1) is 6.04 Å². The van der Waals surface area contributed by atoms with E-state index in [1.54, 1.807) is 23.1 Å². The molecule has 0 radical (unpaired) electrons. The smallest absolute Gasteiger partial charge is 0.387 e. The van der Waals surface area contributed by atoms with Crippen LogP contribution in [0.15, 0.2) is 30.5 Å². The second-order valence-corrected chi connectivity index (χ2v) is 6.91. The fourth-order valence-electron chi connectivity index (χ4n) is 3.81. The van der Waals surface area contributed by atoms with Gasteiger partial charge in [0.1, 0.15) is 5.75 Å². The van der Waals surface area contributed by atoms with Crippen LogP contribution in [0.3, 0.4) is 0 Å². The molecular formula is C19H22F2N4O2. The number of fused-ring (bicyclic) bond motifs is 1. The molecule has 1 amide bonds. The third-order valence-corrected chi connectivity index (χ3v) is 5.11. The van der Waals surface area contributed by atoms with Gasteiger partial charge in [-0.15, -0.1) is 0 Å². The number of aromatic nitrogens is 2. The number of alkyl halides is 2. The molecule has 1 fully saturated rings. The molecule has 0 spiro atoms. The van der Waals surface area contributed by atoms with Gasteiger partial charge in [-0.25, -0.2) is 0 Å². The molecule has 27 heavy (non-hydrogen) atoms. The lowest BCUT2D eigenvalue weighted by atomic mass is 10.0. The molecule has 1 N–H and O–H groups in total. The number of anilines is 1. The SMILES string of the molecule is O=C(c1ccn(C2CCCNC2)n1)N1CCCc2cc(OC(F)F)ccc21. The van der Waals surface area contributed by atoms with Crippen molar-refractivity contribution in [3.8, 4) is 5.75 Å². The van der Waals surface area contributed by atoms with E-state index in [1.807, 2.05) is 10.9 Å². The maximum absolute atomic E-state index is 13.0. The fraction of sp³-hybridized carbons (Fsp3) is 0.474. The summed E-state index contributed by atoms with van der Waals surface area (Å²) in [4.78, 5) is 14.7. The number of piperidine rings is 1. The number of amides is 1. The summed E-state index contributed by atoms with van der Waals surface area (Å²) in [5, 5.41) is 7.85. The molecule has 3 heterocycles. The Labute approximate surface area is 156 Å². The Hall–Kier alpha value is -2.48. The maximum atomic E-state index is 13.0. The summed E-state index contributed by atoms with van der Waals surface area (Å²) in [6, 6.07) is 6.75. The molecule has 0 bridgehead atoms. The van der Waals surface area contributed by atoms with Gasteiger partial charge < -0.3 is 15.0 Å². The van der Waals surface area contributed by atoms with Crippen molar-refractivity contribution in [2.75, 3.05) is 24.5 Å². The van der Waals surface area contributed by atoms with Gasteiger partial charge in [-0.2, -0.15) is 13.9 Å². The van der Waals surface area contributed by atoms with E-state index < -0.39 is 6.61 Å². The van der Waals surface area contributed by atoms with Gasteiger partial charge in [0.2, 0.25) is 0 Å². The van der Waals surface area contributed by atoms with Crippen LogP contribution >= 0.6 is 0 Å². The molecule has 2 aliphatic heterocycles. The van der Waals surface area contributed by atoms with Crippen LogP contribution in [0.2, 0.25) is 0 Å². The largest absolute Gasteiger partial charge is 0.435 e. The molecule has 2 aromatic rings. The van der Waals surface area contributed by atoms with E-state index in [0.717, 1.165) is 50.0 Å². The lowest BCUT2D eigenvalue weighted by molar-refractivity contribution is -0.0498. The van der Waals surface area contributed by atoms with Gasteiger partial charge in [-0.3, -0.25) is 9.48 Å². The molecule has 1 aromatic heterocycles. The third kappa shape index (κ3) is 3.80. The van der Waals surface area contributed by atoms with E-state index in [9.17, 15) is 13.6 Å². The zero-order valence-corrected chi connectivity index (χ0v) is 14.9. The summed E-state index contributed by atoms with van der Waals surface area (Å²) in [5.74, 6) is -0.0480. The average Bonchev–Trinajstić information content (AvgIpc) is 3.17. The van der Waals surface area contributed by atoms with Gasteiger partial charge in [-0.1, -0.05) is 0 Å². The summed E-state index contributed by atoms with van der Waals surface area (Å²) < 4.78 is 31.2. The molecular weight excluding hydrogens is 354 g/mol. The van der Waals surface area contributed by atoms with Crippen molar-refractivity contribution in [2.45, 2.75) is 38.3 Å². The van der Waals surface area contributed by atoms with E-state index in [-0.39, 0.29) is 17.7 Å². The van der Waals surface area contributed by atoms with Crippen molar-refractivity contribution in [1.29, 1.82) is 0 Å². The van der Waals surface area contributed by atoms with Crippen molar-refractivity contribution in [3.63, 3.8) is 0 Å². The Morgan fingerprint density at radius 1 is 1.30 bits per heavy atom. The highest BCUT2D eigenvalue weighted by atomic mass is 19.3. The number of halogens is 2. The minimum atomic E-state index is -2.86. The van der Waals surface area contributed by atoms with Gasteiger partial charge >= 0.3 is 6.61 Å².